The van der Waals surface area contributed by atoms with Crippen molar-refractivity contribution in [3.8, 4) is 0 Å². The van der Waals surface area contributed by atoms with E-state index in [-0.39, 0.29) is 0 Å². The molecule has 0 radical (unpaired) electrons. The predicted molar refractivity (Wildman–Crippen MR) is 58.8 cm³/mol. The van der Waals surface area contributed by atoms with E-state index in [1.807, 2.05) is 0 Å². The van der Waals surface area contributed by atoms with Crippen molar-refractivity contribution in [3.63, 3.8) is 0 Å². The minimum atomic E-state index is -0.939. The topological polar surface area (TPSA) is 69.4 Å². The zero-order chi connectivity index (χ0) is 11.9. The highest BCUT2D eigenvalue weighted by Crippen LogP contribution is 2.35. The van der Waals surface area contributed by atoms with E-state index in [9.17, 15) is 14.9 Å². The molecule has 5 nitrogen and oxygen atoms in total. The number of hydrogen-bond acceptors (Lipinski definition) is 4. The van der Waals surface area contributed by atoms with Gasteiger partial charge in [-0.1, -0.05) is 22.0 Å². The first-order valence-corrected chi connectivity index (χ1v) is 5.44. The maximum Gasteiger partial charge on any atom is 0.339 e. The van der Waals surface area contributed by atoms with Crippen molar-refractivity contribution < 1.29 is 14.5 Å². The molecular formula is C10H8BrNO4. The second kappa shape index (κ2) is 3.86. The number of carbonyl (C=O) groups excluding carboxylic acids is 1. The molecule has 1 aliphatic rings. The maximum atomic E-state index is 11.5. The molecule has 16 heavy (non-hydrogen) atoms. The molecule has 0 amide bonds. The van der Waals surface area contributed by atoms with E-state index in [1.165, 1.54) is 6.92 Å². The Morgan fingerprint density at radius 1 is 1.56 bits per heavy atom. The number of cyclic esters (lactones) is 1. The van der Waals surface area contributed by atoms with Gasteiger partial charge in [0.2, 0.25) is 0 Å². The Morgan fingerprint density at radius 2 is 2.25 bits per heavy atom. The third-order valence-corrected chi connectivity index (χ3v) is 3.04. The molecule has 6 heteroatoms. The van der Waals surface area contributed by atoms with Crippen LogP contribution in [0.5, 0.6) is 0 Å². The fraction of sp³-hybridized carbons (Fsp3) is 0.300. The second-order valence-electron chi connectivity index (χ2n) is 3.58. The normalized spacial score (nSPS) is 20.1. The fourth-order valence-electron chi connectivity index (χ4n) is 1.66. The van der Waals surface area contributed by atoms with E-state index in [0.29, 0.717) is 11.1 Å². The zero-order valence-electron chi connectivity index (χ0n) is 8.34. The average molecular weight is 286 g/mol. The van der Waals surface area contributed by atoms with Crippen molar-refractivity contribution in [2.75, 3.05) is 0 Å². The molecule has 0 spiro atoms. The van der Waals surface area contributed by atoms with Crippen LogP contribution in [0.1, 0.15) is 28.9 Å². The van der Waals surface area contributed by atoms with Gasteiger partial charge in [-0.15, -0.1) is 0 Å². The van der Waals surface area contributed by atoms with Crippen LogP contribution in [0.15, 0.2) is 22.7 Å². The molecule has 0 saturated carbocycles. The quantitative estimate of drug-likeness (QED) is 0.475. The number of esters is 1. The van der Waals surface area contributed by atoms with E-state index in [4.69, 9.17) is 4.74 Å². The van der Waals surface area contributed by atoms with Crippen molar-refractivity contribution in [2.24, 2.45) is 0 Å². The highest BCUT2D eigenvalue weighted by atomic mass is 79.9. The van der Waals surface area contributed by atoms with Crippen molar-refractivity contribution in [1.29, 1.82) is 0 Å². The van der Waals surface area contributed by atoms with Crippen LogP contribution in [0.4, 0.5) is 0 Å². The van der Waals surface area contributed by atoms with Gasteiger partial charge in [-0.3, -0.25) is 10.1 Å². The SMILES string of the molecule is CC(C1OC(=O)c2cc(Br)ccc21)[N+](=O)[O-]. The largest absolute Gasteiger partial charge is 0.446 e. The number of halogens is 1. The first kappa shape index (κ1) is 11.1. The van der Waals surface area contributed by atoms with E-state index in [2.05, 4.69) is 15.9 Å². The fourth-order valence-corrected chi connectivity index (χ4v) is 2.03. The summed E-state index contributed by atoms with van der Waals surface area (Å²) < 4.78 is 5.76. The number of rotatable bonds is 2. The minimum absolute atomic E-state index is 0.396. The molecule has 0 N–H and O–H groups in total. The summed E-state index contributed by atoms with van der Waals surface area (Å²) >= 11 is 3.24. The molecule has 1 aromatic carbocycles. The summed E-state index contributed by atoms with van der Waals surface area (Å²) in [4.78, 5) is 21.7. The third-order valence-electron chi connectivity index (χ3n) is 2.55. The summed E-state index contributed by atoms with van der Waals surface area (Å²) in [6, 6.07) is 4.09. The van der Waals surface area contributed by atoms with Gasteiger partial charge in [0.05, 0.1) is 5.56 Å². The molecular weight excluding hydrogens is 278 g/mol. The van der Waals surface area contributed by atoms with Crippen molar-refractivity contribution in [1.82, 2.24) is 0 Å². The Balaban J connectivity index is 2.43. The Labute approximate surface area is 99.7 Å². The van der Waals surface area contributed by atoms with Crippen LogP contribution in [0, 0.1) is 10.1 Å². The minimum Gasteiger partial charge on any atom is -0.446 e. The van der Waals surface area contributed by atoms with Crippen LogP contribution in [0.25, 0.3) is 0 Å². The van der Waals surface area contributed by atoms with Crippen molar-refractivity contribution in [3.05, 3.63) is 43.9 Å². The van der Waals surface area contributed by atoms with Crippen LogP contribution in [0.3, 0.4) is 0 Å². The first-order valence-electron chi connectivity index (χ1n) is 4.64. The van der Waals surface area contributed by atoms with E-state index >= 15 is 0 Å². The highest BCUT2D eigenvalue weighted by molar-refractivity contribution is 9.10. The van der Waals surface area contributed by atoms with Crippen molar-refractivity contribution >= 4 is 21.9 Å². The summed E-state index contributed by atoms with van der Waals surface area (Å²) in [5, 5.41) is 10.7. The third kappa shape index (κ3) is 1.69. The van der Waals surface area contributed by atoms with Gasteiger partial charge in [0, 0.05) is 21.9 Å². The maximum absolute atomic E-state index is 11.5. The number of ether oxygens (including phenoxy) is 1. The van der Waals surface area contributed by atoms with Gasteiger partial charge in [-0.2, -0.15) is 0 Å². The first-order chi connectivity index (χ1) is 7.50. The number of benzene rings is 1. The lowest BCUT2D eigenvalue weighted by molar-refractivity contribution is -0.530. The van der Waals surface area contributed by atoms with Crippen molar-refractivity contribution in [2.45, 2.75) is 19.1 Å². The summed E-state index contributed by atoms with van der Waals surface area (Å²) in [5.41, 5.74) is 0.977. The molecule has 0 fully saturated rings. The van der Waals surface area contributed by atoms with Crippen LogP contribution >= 0.6 is 15.9 Å². The van der Waals surface area contributed by atoms with Crippen LogP contribution < -0.4 is 0 Å². The van der Waals surface area contributed by atoms with Gasteiger partial charge >= 0.3 is 5.97 Å². The number of hydrogen-bond donors (Lipinski definition) is 0. The van der Waals surface area contributed by atoms with Crippen LogP contribution in [-0.2, 0) is 4.74 Å². The lowest BCUT2D eigenvalue weighted by atomic mass is 10.0. The molecule has 1 aromatic rings. The molecule has 0 bridgehead atoms. The van der Waals surface area contributed by atoms with E-state index < -0.39 is 23.0 Å². The van der Waals surface area contributed by atoms with Gasteiger partial charge < -0.3 is 4.74 Å². The second-order valence-corrected chi connectivity index (χ2v) is 4.50. The molecule has 0 aliphatic carbocycles. The zero-order valence-corrected chi connectivity index (χ0v) is 9.93. The molecule has 2 rings (SSSR count). The lowest BCUT2D eigenvalue weighted by Gasteiger charge is -2.11. The Hall–Kier alpha value is -1.43. The van der Waals surface area contributed by atoms with Gasteiger partial charge in [0.15, 0.2) is 6.10 Å². The Morgan fingerprint density at radius 3 is 2.88 bits per heavy atom. The van der Waals surface area contributed by atoms with E-state index in [1.54, 1.807) is 18.2 Å². The number of nitrogens with zero attached hydrogens (tertiary/aromatic N) is 1. The molecule has 0 saturated heterocycles. The van der Waals surface area contributed by atoms with E-state index in [0.717, 1.165) is 4.47 Å². The van der Waals surface area contributed by atoms with Gasteiger partial charge in [0.25, 0.3) is 6.04 Å². The predicted octanol–water partition coefficient (Wildman–Crippen LogP) is 2.33. The standard InChI is InChI=1S/C10H8BrNO4/c1-5(12(14)15)9-7-3-2-6(11)4-8(7)10(13)16-9/h2-5,9H,1H3. The molecule has 1 heterocycles. The number of carbonyl (C=O) groups is 1. The number of fused-ring (bicyclic) bond motifs is 1. The average Bonchev–Trinajstić information content (AvgIpc) is 2.55. The van der Waals surface area contributed by atoms with Crippen LogP contribution in [0.2, 0.25) is 0 Å². The molecule has 84 valence electrons. The van der Waals surface area contributed by atoms with Crippen LogP contribution in [-0.4, -0.2) is 16.9 Å². The van der Waals surface area contributed by atoms with Gasteiger partial charge in [0.1, 0.15) is 0 Å². The Bertz CT molecular complexity index is 474. The summed E-state index contributed by atoms with van der Waals surface area (Å²) in [7, 11) is 0. The molecule has 2 atom stereocenters. The van der Waals surface area contributed by atoms with Gasteiger partial charge in [-0.05, 0) is 12.1 Å². The highest BCUT2D eigenvalue weighted by Gasteiger charge is 2.40. The summed E-state index contributed by atoms with van der Waals surface area (Å²) in [6.07, 6.45) is -0.786. The molecule has 0 aromatic heterocycles. The summed E-state index contributed by atoms with van der Waals surface area (Å²) in [5.74, 6) is -0.505. The molecule has 1 aliphatic heterocycles. The molecule has 2 unspecified atom stereocenters. The smallest absolute Gasteiger partial charge is 0.339 e. The summed E-state index contributed by atoms with van der Waals surface area (Å²) in [6.45, 7) is 1.43. The lowest BCUT2D eigenvalue weighted by Crippen LogP contribution is -2.24. The Kier molecular flexibility index (Phi) is 2.67. The number of nitro groups is 1. The monoisotopic (exact) mass is 285 g/mol. The van der Waals surface area contributed by atoms with Gasteiger partial charge in [-0.25, -0.2) is 4.79 Å².